The highest BCUT2D eigenvalue weighted by Crippen LogP contribution is 2.41. The third-order valence-electron chi connectivity index (χ3n) is 5.06. The maximum absolute atomic E-state index is 13.9. The average Bonchev–Trinajstić information content (AvgIpc) is 2.82. The first-order valence-electron chi connectivity index (χ1n) is 12.2. The van der Waals surface area contributed by atoms with Crippen molar-refractivity contribution < 1.29 is 47.0 Å². The summed E-state index contributed by atoms with van der Waals surface area (Å²) in [5, 5.41) is 25.9. The fourth-order valence-corrected chi connectivity index (χ4v) is 6.10. The molecule has 0 radical (unpaired) electrons. The Balaban J connectivity index is 3.13. The number of hydrogen-bond acceptors (Lipinski definition) is 10. The number of esters is 2. The first-order valence-corrected chi connectivity index (χ1v) is 14.9. The molecule has 0 saturated carbocycles. The minimum atomic E-state index is -3.66. The monoisotopic (exact) mass is 620 g/mol. The Labute approximate surface area is 233 Å². The second-order valence-corrected chi connectivity index (χ2v) is 12.9. The molecular weight excluding hydrogens is 584 g/mol. The van der Waals surface area contributed by atoms with Crippen LogP contribution in [-0.4, -0.2) is 75.1 Å². The van der Waals surface area contributed by atoms with E-state index in [-0.39, 0.29) is 4.57 Å². The van der Waals surface area contributed by atoms with Gasteiger partial charge in [0.15, 0.2) is 12.8 Å². The summed E-state index contributed by atoms with van der Waals surface area (Å²) in [5.41, 5.74) is -2.65. The van der Waals surface area contributed by atoms with Gasteiger partial charge in [-0.15, -0.1) is 0 Å². The van der Waals surface area contributed by atoms with Gasteiger partial charge in [0.2, 0.25) is 12.2 Å². The Morgan fingerprint density at radius 3 is 1.93 bits per heavy atom. The molecule has 5 atom stereocenters. The van der Waals surface area contributed by atoms with Gasteiger partial charge in [-0.25, -0.2) is 23.7 Å². The number of ether oxygens (including phenoxy) is 2. The van der Waals surface area contributed by atoms with Crippen LogP contribution < -0.4 is 21.4 Å². The minimum absolute atomic E-state index is 0.238. The van der Waals surface area contributed by atoms with Crippen molar-refractivity contribution in [2.75, 3.05) is 6.61 Å². The molecule has 1 rings (SSSR count). The number of aromatic amines is 1. The van der Waals surface area contributed by atoms with Gasteiger partial charge < -0.3 is 24.2 Å². The molecule has 0 amide bonds. The number of aliphatic hydroxyl groups excluding tert-OH is 2. The Morgan fingerprint density at radius 1 is 1.02 bits per heavy atom. The van der Waals surface area contributed by atoms with Gasteiger partial charge in [0.1, 0.15) is 12.1 Å². The van der Waals surface area contributed by atoms with E-state index in [1.54, 1.807) is 32.7 Å². The van der Waals surface area contributed by atoms with Crippen LogP contribution in [0.4, 0.5) is 13.2 Å². The van der Waals surface area contributed by atoms with Crippen molar-refractivity contribution >= 4 is 30.3 Å². The van der Waals surface area contributed by atoms with Crippen molar-refractivity contribution in [3.05, 3.63) is 32.9 Å². The maximum atomic E-state index is 13.9. The van der Waals surface area contributed by atoms with Crippen molar-refractivity contribution in [1.29, 1.82) is 0 Å². The molecule has 13 nitrogen and oxygen atoms in total. The molecule has 0 aromatic carbocycles. The van der Waals surface area contributed by atoms with Gasteiger partial charge in [0.05, 0.1) is 31.1 Å². The van der Waals surface area contributed by atoms with Gasteiger partial charge in [-0.3, -0.25) is 23.9 Å². The predicted molar refractivity (Wildman–Crippen MR) is 141 cm³/mol. The molecule has 230 valence electrons. The molecule has 5 N–H and O–H groups in total. The van der Waals surface area contributed by atoms with E-state index in [4.69, 9.17) is 25.8 Å². The number of H-pyrrole nitrogens is 1. The van der Waals surface area contributed by atoms with Gasteiger partial charge in [-0.05, 0) is 59.8 Å². The van der Waals surface area contributed by atoms with Crippen molar-refractivity contribution in [3.63, 3.8) is 0 Å². The predicted octanol–water partition coefficient (Wildman–Crippen LogP) is 0.899. The van der Waals surface area contributed by atoms with Gasteiger partial charge in [-0.2, -0.15) is 4.39 Å². The summed E-state index contributed by atoms with van der Waals surface area (Å²) < 4.78 is 57.4. The van der Waals surface area contributed by atoms with E-state index in [2.05, 4.69) is 10.2 Å². The molecular formula is C22H36F3N4O9PS. The number of nitrogens with one attached hydrogen (secondary N) is 3. The molecule has 0 bridgehead atoms. The number of carbonyl (C=O) groups excluding carboxylic acids is 2. The lowest BCUT2D eigenvalue weighted by Crippen LogP contribution is -2.43. The largest absolute Gasteiger partial charge is 0.462 e. The Morgan fingerprint density at radius 2 is 1.50 bits per heavy atom. The molecule has 40 heavy (non-hydrogen) atoms. The van der Waals surface area contributed by atoms with Crippen molar-refractivity contribution in [2.45, 2.75) is 91.0 Å². The highest BCUT2D eigenvalue weighted by Gasteiger charge is 2.34. The topological polar surface area (TPSA) is 181 Å². The molecule has 5 unspecified atom stereocenters. The van der Waals surface area contributed by atoms with Gasteiger partial charge >= 0.3 is 17.6 Å². The normalized spacial score (nSPS) is 17.2. The van der Waals surface area contributed by atoms with E-state index in [0.717, 1.165) is 0 Å². The van der Waals surface area contributed by atoms with E-state index in [1.165, 1.54) is 13.8 Å². The summed E-state index contributed by atoms with van der Waals surface area (Å²) >= 11 is 5.48. The second-order valence-electron chi connectivity index (χ2n) is 9.47. The Bertz CT molecular complexity index is 1130. The quantitative estimate of drug-likeness (QED) is 0.130. The van der Waals surface area contributed by atoms with Crippen molar-refractivity contribution in [1.82, 2.24) is 19.7 Å². The summed E-state index contributed by atoms with van der Waals surface area (Å²) in [6, 6.07) is -2.18. The van der Waals surface area contributed by atoms with E-state index < -0.39 is 97.6 Å². The number of alkyl halides is 2. The van der Waals surface area contributed by atoms with Gasteiger partial charge in [-0.1, -0.05) is 0 Å². The molecule has 0 saturated heterocycles. The second kappa shape index (κ2) is 15.7. The zero-order valence-electron chi connectivity index (χ0n) is 22.8. The molecule has 0 aliphatic carbocycles. The summed E-state index contributed by atoms with van der Waals surface area (Å²) in [6.07, 6.45) is -8.85. The van der Waals surface area contributed by atoms with Crippen LogP contribution in [0.25, 0.3) is 0 Å². The molecule has 0 spiro atoms. The van der Waals surface area contributed by atoms with Crippen LogP contribution in [0, 0.1) is 11.7 Å². The molecule has 18 heteroatoms. The number of carbonyl (C=O) groups is 2. The average molecular weight is 621 g/mol. The zero-order valence-corrected chi connectivity index (χ0v) is 24.5. The first kappa shape index (κ1) is 35.9. The summed E-state index contributed by atoms with van der Waals surface area (Å²) in [5.74, 6) is -4.70. The van der Waals surface area contributed by atoms with E-state index in [0.29, 0.717) is 6.20 Å². The number of hydrogen-bond donors (Lipinski definition) is 5. The Hall–Kier alpha value is -2.14. The fraction of sp³-hybridized carbons (Fsp3) is 0.727. The van der Waals surface area contributed by atoms with Crippen molar-refractivity contribution in [3.8, 4) is 0 Å². The van der Waals surface area contributed by atoms with Crippen LogP contribution >= 0.6 is 6.57 Å². The van der Waals surface area contributed by atoms with E-state index >= 15 is 0 Å². The first-order chi connectivity index (χ1) is 18.4. The number of aromatic nitrogens is 2. The summed E-state index contributed by atoms with van der Waals surface area (Å²) in [4.78, 5) is 49.3. The highest BCUT2D eigenvalue weighted by atomic mass is 32.4. The van der Waals surface area contributed by atoms with Crippen LogP contribution in [0.15, 0.2) is 15.8 Å². The highest BCUT2D eigenvalue weighted by molar-refractivity contribution is 8.10. The maximum Gasteiger partial charge on any atom is 0.330 e. The lowest BCUT2D eigenvalue weighted by molar-refractivity contribution is -0.149. The van der Waals surface area contributed by atoms with Crippen LogP contribution in [0.1, 0.15) is 54.2 Å². The van der Waals surface area contributed by atoms with Crippen LogP contribution in [-0.2, 0) is 35.4 Å². The van der Waals surface area contributed by atoms with Crippen LogP contribution in [0.2, 0.25) is 0 Å². The molecule has 1 heterocycles. The standard InChI is InChI=1S/C22H36F3N4O9PS/c1-10(2)37-20(33)12(5)27-39(40,28-13(6)21(34)38-11(3)4)36-9-14(17(24)25)7-16(30)19(32)29-8-15(23)18(31)26-22(29)35/h8,10-14,16-17,19,30,32H,7,9H2,1-6H3,(H,26,31,35)(H2,27,28,40). The zero-order chi connectivity index (χ0) is 30.9. The van der Waals surface area contributed by atoms with E-state index in [1.807, 2.05) is 0 Å². The molecule has 0 aliphatic rings. The van der Waals surface area contributed by atoms with Gasteiger partial charge in [0, 0.05) is 5.92 Å². The van der Waals surface area contributed by atoms with Crippen LogP contribution in [0.3, 0.4) is 0 Å². The summed E-state index contributed by atoms with van der Waals surface area (Å²) in [7, 11) is 0. The minimum Gasteiger partial charge on any atom is -0.462 e. The molecule has 1 aromatic heterocycles. The summed E-state index contributed by atoms with van der Waals surface area (Å²) in [6.45, 7) is 4.73. The fourth-order valence-electron chi connectivity index (χ4n) is 3.11. The smallest absolute Gasteiger partial charge is 0.330 e. The van der Waals surface area contributed by atoms with Gasteiger partial charge in [0.25, 0.3) is 5.56 Å². The third kappa shape index (κ3) is 11.4. The Kier molecular flexibility index (Phi) is 14.1. The number of aliphatic hydroxyl groups is 2. The lowest BCUT2D eigenvalue weighted by atomic mass is 10.0. The molecule has 0 fully saturated rings. The number of halogens is 3. The number of nitrogens with zero attached hydrogens (tertiary/aromatic N) is 1. The number of rotatable bonds is 16. The molecule has 0 aliphatic heterocycles. The van der Waals surface area contributed by atoms with Crippen LogP contribution in [0.5, 0.6) is 0 Å². The SMILES string of the molecule is CC(C)OC(=O)C(C)NP(=S)(NC(C)C(=O)OC(C)C)OCC(CC(O)C(O)n1cc(F)c(=O)[nH]c1=O)C(F)F. The third-order valence-corrected chi connectivity index (χ3v) is 7.98. The lowest BCUT2D eigenvalue weighted by Gasteiger charge is -2.31. The van der Waals surface area contributed by atoms with E-state index in [9.17, 15) is 42.6 Å². The molecule has 1 aromatic rings. The van der Waals surface area contributed by atoms with Crippen molar-refractivity contribution in [2.24, 2.45) is 5.92 Å².